The molecule has 5 unspecified atom stereocenters. The Balaban J connectivity index is 2.06. The molecule has 110 valence electrons. The van der Waals surface area contributed by atoms with Gasteiger partial charge in [-0.25, -0.2) is 0 Å². The van der Waals surface area contributed by atoms with Gasteiger partial charge >= 0.3 is 0 Å². The Kier molecular flexibility index (Phi) is 3.94. The van der Waals surface area contributed by atoms with Gasteiger partial charge in [0.05, 0.1) is 12.0 Å². The highest BCUT2D eigenvalue weighted by molar-refractivity contribution is 5.95. The van der Waals surface area contributed by atoms with E-state index in [1.54, 1.807) is 6.08 Å². The van der Waals surface area contributed by atoms with Crippen molar-refractivity contribution >= 4 is 18.2 Å². The first kappa shape index (κ1) is 14.7. The standard InChI is InChI=1S/C14H19NO5/c1-3-9-6-14(9,8(2)17)15-13(19)11-4-10(18)5-12(11)20-7-16/h3,7,9-12,18H,1,4-6H2,2H3,(H,15,19). The molecule has 20 heavy (non-hydrogen) atoms. The molecule has 2 aliphatic carbocycles. The van der Waals surface area contributed by atoms with Crippen molar-refractivity contribution in [1.82, 2.24) is 5.32 Å². The molecule has 0 radical (unpaired) electrons. The number of nitrogens with one attached hydrogen (secondary N) is 1. The molecule has 0 aromatic rings. The predicted octanol–water partition coefficient (Wildman–Crippen LogP) is -0.0512. The second kappa shape index (κ2) is 5.36. The van der Waals surface area contributed by atoms with Crippen LogP contribution in [0.2, 0.25) is 0 Å². The van der Waals surface area contributed by atoms with Gasteiger partial charge in [0.25, 0.3) is 6.47 Å². The molecule has 1 amide bonds. The first-order chi connectivity index (χ1) is 9.44. The van der Waals surface area contributed by atoms with Crippen LogP contribution in [0.5, 0.6) is 0 Å². The van der Waals surface area contributed by atoms with E-state index in [1.807, 2.05) is 0 Å². The molecule has 2 rings (SSSR count). The normalized spacial score (nSPS) is 38.9. The van der Waals surface area contributed by atoms with Crippen molar-refractivity contribution in [2.75, 3.05) is 0 Å². The van der Waals surface area contributed by atoms with E-state index < -0.39 is 23.7 Å². The smallest absolute Gasteiger partial charge is 0.293 e. The number of aliphatic hydroxyl groups excluding tert-OH is 1. The van der Waals surface area contributed by atoms with Gasteiger partial charge in [-0.15, -0.1) is 6.58 Å². The summed E-state index contributed by atoms with van der Waals surface area (Å²) < 4.78 is 4.85. The largest absolute Gasteiger partial charge is 0.464 e. The second-order valence-corrected chi connectivity index (χ2v) is 5.57. The van der Waals surface area contributed by atoms with E-state index in [-0.39, 0.29) is 36.9 Å². The lowest BCUT2D eigenvalue weighted by Gasteiger charge is -2.21. The first-order valence-electron chi connectivity index (χ1n) is 6.67. The van der Waals surface area contributed by atoms with Crippen molar-refractivity contribution < 1.29 is 24.2 Å². The molecule has 2 N–H and O–H groups in total. The predicted molar refractivity (Wildman–Crippen MR) is 69.5 cm³/mol. The molecule has 0 aromatic carbocycles. The molecule has 2 aliphatic rings. The number of ketones is 1. The number of carbonyl (C=O) groups is 3. The first-order valence-corrected chi connectivity index (χ1v) is 6.67. The monoisotopic (exact) mass is 281 g/mol. The number of ether oxygens (including phenoxy) is 1. The topological polar surface area (TPSA) is 92.7 Å². The van der Waals surface area contributed by atoms with Crippen LogP contribution in [0.4, 0.5) is 0 Å². The van der Waals surface area contributed by atoms with Crippen LogP contribution in [0.15, 0.2) is 12.7 Å². The van der Waals surface area contributed by atoms with Crippen LogP contribution in [-0.4, -0.2) is 41.0 Å². The fourth-order valence-corrected chi connectivity index (χ4v) is 2.99. The van der Waals surface area contributed by atoms with Gasteiger partial charge < -0.3 is 15.2 Å². The fourth-order valence-electron chi connectivity index (χ4n) is 2.99. The van der Waals surface area contributed by atoms with Crippen molar-refractivity contribution in [2.45, 2.75) is 43.9 Å². The zero-order valence-corrected chi connectivity index (χ0v) is 11.4. The highest BCUT2D eigenvalue weighted by atomic mass is 16.5. The third-order valence-corrected chi connectivity index (χ3v) is 4.32. The van der Waals surface area contributed by atoms with E-state index in [1.165, 1.54) is 6.92 Å². The Morgan fingerprint density at radius 1 is 1.45 bits per heavy atom. The second-order valence-electron chi connectivity index (χ2n) is 5.57. The van der Waals surface area contributed by atoms with E-state index in [9.17, 15) is 19.5 Å². The minimum absolute atomic E-state index is 0.0549. The number of hydrogen-bond donors (Lipinski definition) is 2. The van der Waals surface area contributed by atoms with Crippen molar-refractivity contribution in [2.24, 2.45) is 11.8 Å². The minimum atomic E-state index is -0.863. The lowest BCUT2D eigenvalue weighted by molar-refractivity contribution is -0.141. The summed E-state index contributed by atoms with van der Waals surface area (Å²) in [5.41, 5.74) is -0.863. The third-order valence-electron chi connectivity index (χ3n) is 4.32. The zero-order chi connectivity index (χ0) is 14.9. The van der Waals surface area contributed by atoms with E-state index >= 15 is 0 Å². The molecule has 6 nitrogen and oxygen atoms in total. The van der Waals surface area contributed by atoms with Crippen molar-refractivity contribution in [3.05, 3.63) is 12.7 Å². The molecular formula is C14H19NO5. The van der Waals surface area contributed by atoms with Gasteiger partial charge in [0.2, 0.25) is 5.91 Å². The number of carbonyl (C=O) groups excluding carboxylic acids is 3. The van der Waals surface area contributed by atoms with Crippen molar-refractivity contribution in [1.29, 1.82) is 0 Å². The Bertz CT molecular complexity index is 449. The Labute approximate surface area is 117 Å². The molecule has 2 fully saturated rings. The van der Waals surface area contributed by atoms with Crippen LogP contribution < -0.4 is 5.32 Å². The van der Waals surface area contributed by atoms with Crippen LogP contribution in [0, 0.1) is 11.8 Å². The highest BCUT2D eigenvalue weighted by Gasteiger charge is 2.58. The Hall–Kier alpha value is -1.69. The van der Waals surface area contributed by atoms with E-state index in [4.69, 9.17) is 4.74 Å². The molecule has 0 aliphatic heterocycles. The third kappa shape index (κ3) is 2.47. The van der Waals surface area contributed by atoms with Gasteiger partial charge in [0.15, 0.2) is 5.78 Å². The molecule has 0 heterocycles. The van der Waals surface area contributed by atoms with Gasteiger partial charge in [0.1, 0.15) is 11.6 Å². The molecule has 6 heteroatoms. The number of aliphatic hydroxyl groups is 1. The van der Waals surface area contributed by atoms with Gasteiger partial charge in [-0.2, -0.15) is 0 Å². The van der Waals surface area contributed by atoms with Gasteiger partial charge in [-0.1, -0.05) is 6.08 Å². The minimum Gasteiger partial charge on any atom is -0.464 e. The Morgan fingerprint density at radius 2 is 2.15 bits per heavy atom. The SMILES string of the molecule is C=CC1CC1(NC(=O)C1CC(O)CC1OC=O)C(C)=O. The van der Waals surface area contributed by atoms with E-state index in [0.29, 0.717) is 6.42 Å². The summed E-state index contributed by atoms with van der Waals surface area (Å²) in [5, 5.41) is 12.4. The maximum absolute atomic E-state index is 12.3. The molecule has 0 spiro atoms. The van der Waals surface area contributed by atoms with Crippen molar-refractivity contribution in [3.8, 4) is 0 Å². The molecule has 0 aromatic heterocycles. The zero-order valence-electron chi connectivity index (χ0n) is 11.4. The summed E-state index contributed by atoms with van der Waals surface area (Å²) in [6.07, 6.45) is 1.38. The number of rotatable bonds is 6. The van der Waals surface area contributed by atoms with E-state index in [2.05, 4.69) is 11.9 Å². The van der Waals surface area contributed by atoms with E-state index in [0.717, 1.165) is 0 Å². The molecule has 2 saturated carbocycles. The summed E-state index contributed by atoms with van der Waals surface area (Å²) >= 11 is 0. The van der Waals surface area contributed by atoms with Gasteiger partial charge in [0, 0.05) is 12.3 Å². The fraction of sp³-hybridized carbons (Fsp3) is 0.643. The van der Waals surface area contributed by atoms with Crippen LogP contribution in [0.3, 0.4) is 0 Å². The van der Waals surface area contributed by atoms with Crippen LogP contribution in [-0.2, 0) is 19.1 Å². The summed E-state index contributed by atoms with van der Waals surface area (Å²) in [5.74, 6) is -1.13. The summed E-state index contributed by atoms with van der Waals surface area (Å²) in [6.45, 7) is 5.37. The number of hydrogen-bond acceptors (Lipinski definition) is 5. The molecule has 5 atom stereocenters. The van der Waals surface area contributed by atoms with Crippen LogP contribution in [0.25, 0.3) is 0 Å². The quantitative estimate of drug-likeness (QED) is 0.526. The molecule has 0 bridgehead atoms. The number of Topliss-reactive ketones (excluding diaryl/α,β-unsaturated/α-hetero) is 1. The van der Waals surface area contributed by atoms with Gasteiger partial charge in [-0.05, 0) is 19.8 Å². The maximum atomic E-state index is 12.3. The summed E-state index contributed by atoms with van der Waals surface area (Å²) in [6, 6.07) is 0. The Morgan fingerprint density at radius 3 is 2.65 bits per heavy atom. The maximum Gasteiger partial charge on any atom is 0.293 e. The lowest BCUT2D eigenvalue weighted by Crippen LogP contribution is -2.48. The highest BCUT2D eigenvalue weighted by Crippen LogP contribution is 2.45. The number of amides is 1. The summed E-state index contributed by atoms with van der Waals surface area (Å²) in [4.78, 5) is 34.4. The van der Waals surface area contributed by atoms with Crippen molar-refractivity contribution in [3.63, 3.8) is 0 Å². The summed E-state index contributed by atoms with van der Waals surface area (Å²) in [7, 11) is 0. The van der Waals surface area contributed by atoms with Crippen LogP contribution >= 0.6 is 0 Å². The average Bonchev–Trinajstić information content (AvgIpc) is 2.98. The lowest BCUT2D eigenvalue weighted by atomic mass is 10.0. The van der Waals surface area contributed by atoms with Crippen LogP contribution in [0.1, 0.15) is 26.2 Å². The van der Waals surface area contributed by atoms with Gasteiger partial charge in [-0.3, -0.25) is 14.4 Å². The average molecular weight is 281 g/mol. The molecular weight excluding hydrogens is 262 g/mol. The molecule has 0 saturated heterocycles.